The van der Waals surface area contributed by atoms with Crippen molar-refractivity contribution in [1.82, 2.24) is 0 Å². The third-order valence-corrected chi connectivity index (χ3v) is 6.42. The van der Waals surface area contributed by atoms with Gasteiger partial charge in [0.2, 0.25) is 0 Å². The van der Waals surface area contributed by atoms with Crippen molar-refractivity contribution in [3.8, 4) is 0 Å². The van der Waals surface area contributed by atoms with Gasteiger partial charge in [-0.05, 0) is 61.7 Å². The first kappa shape index (κ1) is 13.5. The summed E-state index contributed by atoms with van der Waals surface area (Å²) in [6, 6.07) is 0. The molecule has 108 valence electrons. The predicted molar refractivity (Wildman–Crippen MR) is 75.7 cm³/mol. The third kappa shape index (κ3) is 2.02. The number of rotatable bonds is 1. The van der Waals surface area contributed by atoms with Crippen LogP contribution in [0, 0.1) is 22.7 Å². The van der Waals surface area contributed by atoms with Gasteiger partial charge in [-0.2, -0.15) is 0 Å². The minimum Gasteiger partial charge on any atom is -0.459 e. The molecule has 0 N–H and O–H groups in total. The van der Waals surface area contributed by atoms with E-state index in [0.29, 0.717) is 16.7 Å². The van der Waals surface area contributed by atoms with Gasteiger partial charge >= 0.3 is 5.97 Å². The number of fused-ring (bicyclic) bond motifs is 4. The topological polar surface area (TPSA) is 26.3 Å². The maximum Gasteiger partial charge on any atom is 0.303 e. The lowest BCUT2D eigenvalue weighted by atomic mass is 9.49. The van der Waals surface area contributed by atoms with E-state index in [4.69, 9.17) is 4.74 Å². The molecule has 0 aromatic rings. The van der Waals surface area contributed by atoms with Gasteiger partial charge in [-0.15, -0.1) is 0 Å². The zero-order valence-electron chi connectivity index (χ0n) is 12.9. The zero-order chi connectivity index (χ0) is 13.9. The molecule has 4 atom stereocenters. The number of hydrogen-bond donors (Lipinski definition) is 0. The lowest BCUT2D eigenvalue weighted by Crippen LogP contribution is -2.57. The summed E-state index contributed by atoms with van der Waals surface area (Å²) in [7, 11) is 0. The van der Waals surface area contributed by atoms with E-state index in [9.17, 15) is 4.79 Å². The zero-order valence-corrected chi connectivity index (χ0v) is 12.9. The average Bonchev–Trinajstić information content (AvgIpc) is 2.30. The van der Waals surface area contributed by atoms with Gasteiger partial charge in [0, 0.05) is 12.8 Å². The van der Waals surface area contributed by atoms with Gasteiger partial charge in [0.1, 0.15) is 5.60 Å². The van der Waals surface area contributed by atoms with Gasteiger partial charge in [0.15, 0.2) is 0 Å². The molecule has 3 saturated carbocycles. The van der Waals surface area contributed by atoms with Crippen LogP contribution in [0.25, 0.3) is 0 Å². The second-order valence-corrected chi connectivity index (χ2v) is 8.44. The Labute approximate surface area is 117 Å². The molecule has 3 rings (SSSR count). The van der Waals surface area contributed by atoms with Crippen LogP contribution in [0.4, 0.5) is 0 Å². The summed E-state index contributed by atoms with van der Waals surface area (Å²) in [5, 5.41) is 0. The monoisotopic (exact) mass is 264 g/mol. The molecule has 0 unspecified atom stereocenters. The van der Waals surface area contributed by atoms with E-state index in [0.717, 1.165) is 18.8 Å². The van der Waals surface area contributed by atoms with E-state index < -0.39 is 0 Å². The smallest absolute Gasteiger partial charge is 0.303 e. The molecule has 0 spiro atoms. The van der Waals surface area contributed by atoms with Crippen LogP contribution < -0.4 is 0 Å². The average molecular weight is 264 g/mol. The molecular weight excluding hydrogens is 236 g/mol. The molecule has 0 saturated heterocycles. The Balaban J connectivity index is 1.95. The maximum atomic E-state index is 11.6. The van der Waals surface area contributed by atoms with Crippen LogP contribution in [-0.4, -0.2) is 11.6 Å². The Morgan fingerprint density at radius 2 is 1.84 bits per heavy atom. The Hall–Kier alpha value is -0.530. The van der Waals surface area contributed by atoms with Crippen LogP contribution >= 0.6 is 0 Å². The first-order valence-corrected chi connectivity index (χ1v) is 7.96. The quantitative estimate of drug-likeness (QED) is 0.659. The van der Waals surface area contributed by atoms with Crippen LogP contribution in [0.3, 0.4) is 0 Å². The molecule has 0 heterocycles. The van der Waals surface area contributed by atoms with E-state index in [2.05, 4.69) is 20.8 Å². The van der Waals surface area contributed by atoms with Crippen molar-refractivity contribution in [2.45, 2.75) is 78.2 Å². The summed E-state index contributed by atoms with van der Waals surface area (Å²) < 4.78 is 5.98. The van der Waals surface area contributed by atoms with Crippen LogP contribution in [0.2, 0.25) is 0 Å². The summed E-state index contributed by atoms with van der Waals surface area (Å²) >= 11 is 0. The highest BCUT2D eigenvalue weighted by molar-refractivity contribution is 5.66. The van der Waals surface area contributed by atoms with Crippen LogP contribution in [0.1, 0.15) is 72.6 Å². The number of esters is 1. The highest BCUT2D eigenvalue weighted by Gasteiger charge is 2.62. The Kier molecular flexibility index (Phi) is 2.82. The van der Waals surface area contributed by atoms with E-state index in [1.165, 1.54) is 32.1 Å². The second kappa shape index (κ2) is 3.99. The minimum atomic E-state index is -0.129. The Morgan fingerprint density at radius 3 is 2.47 bits per heavy atom. The van der Waals surface area contributed by atoms with Crippen LogP contribution in [0.15, 0.2) is 0 Å². The van der Waals surface area contributed by atoms with Crippen LogP contribution in [0.5, 0.6) is 0 Å². The fourth-order valence-corrected chi connectivity index (χ4v) is 5.59. The number of carbonyl (C=O) groups is 1. The van der Waals surface area contributed by atoms with Gasteiger partial charge in [-0.1, -0.05) is 20.8 Å². The molecule has 0 aromatic carbocycles. The molecule has 0 amide bonds. The van der Waals surface area contributed by atoms with Gasteiger partial charge in [-0.25, -0.2) is 0 Å². The molecule has 3 fully saturated rings. The molecule has 2 bridgehead atoms. The maximum absolute atomic E-state index is 11.6. The highest BCUT2D eigenvalue weighted by atomic mass is 16.6. The van der Waals surface area contributed by atoms with E-state index in [1.807, 2.05) is 0 Å². The van der Waals surface area contributed by atoms with Crippen molar-refractivity contribution >= 4 is 5.97 Å². The van der Waals surface area contributed by atoms with Crippen molar-refractivity contribution in [1.29, 1.82) is 0 Å². The second-order valence-electron chi connectivity index (χ2n) is 8.44. The van der Waals surface area contributed by atoms with Crippen molar-refractivity contribution in [3.63, 3.8) is 0 Å². The number of carbonyl (C=O) groups excluding carboxylic acids is 1. The molecule has 0 aliphatic heterocycles. The molecule has 3 aliphatic rings. The van der Waals surface area contributed by atoms with E-state index in [-0.39, 0.29) is 11.6 Å². The molecule has 2 nitrogen and oxygen atoms in total. The van der Waals surface area contributed by atoms with Crippen molar-refractivity contribution < 1.29 is 9.53 Å². The van der Waals surface area contributed by atoms with E-state index in [1.54, 1.807) is 6.92 Å². The fourth-order valence-electron chi connectivity index (χ4n) is 5.59. The SMILES string of the molecule is CC(=O)O[C@@]12CCC[C@](C)(CC[C@@H]3[C@H]1CC3(C)C)C2. The lowest BCUT2D eigenvalue weighted by molar-refractivity contribution is -0.199. The van der Waals surface area contributed by atoms with Gasteiger partial charge in [0.05, 0.1) is 0 Å². The van der Waals surface area contributed by atoms with Gasteiger partial charge in [0.25, 0.3) is 0 Å². The molecule has 2 heteroatoms. The summed E-state index contributed by atoms with van der Waals surface area (Å²) in [6.45, 7) is 8.80. The molecule has 0 aromatic heterocycles. The van der Waals surface area contributed by atoms with Crippen molar-refractivity contribution in [3.05, 3.63) is 0 Å². The Bertz CT molecular complexity index is 400. The summed E-state index contributed by atoms with van der Waals surface area (Å²) in [5.74, 6) is 1.30. The molecule has 3 aliphatic carbocycles. The minimum absolute atomic E-state index is 0.0744. The standard InChI is InChI=1S/C17H28O2/c1-12(18)19-17-8-5-7-16(4,11-17)9-6-13-14(17)10-15(13,2)3/h13-14H,5-11H2,1-4H3/t13-,14-,16-,17-/m1/s1. The third-order valence-electron chi connectivity index (χ3n) is 6.42. The lowest BCUT2D eigenvalue weighted by Gasteiger charge is -2.59. The first-order chi connectivity index (χ1) is 8.77. The van der Waals surface area contributed by atoms with Crippen molar-refractivity contribution in [2.75, 3.05) is 0 Å². The molecular formula is C17H28O2. The van der Waals surface area contributed by atoms with Crippen molar-refractivity contribution in [2.24, 2.45) is 22.7 Å². The van der Waals surface area contributed by atoms with E-state index >= 15 is 0 Å². The summed E-state index contributed by atoms with van der Waals surface area (Å²) in [5.41, 5.74) is 0.724. The highest BCUT2D eigenvalue weighted by Crippen LogP contribution is 2.65. The normalized spacial score (nSPS) is 47.6. The molecule has 19 heavy (non-hydrogen) atoms. The van der Waals surface area contributed by atoms with Crippen LogP contribution in [-0.2, 0) is 9.53 Å². The molecule has 0 radical (unpaired) electrons. The fraction of sp³-hybridized carbons (Fsp3) is 0.941. The summed E-state index contributed by atoms with van der Waals surface area (Å²) in [6.07, 6.45) is 8.64. The summed E-state index contributed by atoms with van der Waals surface area (Å²) in [4.78, 5) is 11.6. The first-order valence-electron chi connectivity index (χ1n) is 7.96. The predicted octanol–water partition coefficient (Wildman–Crippen LogP) is 4.32. The van der Waals surface area contributed by atoms with Gasteiger partial charge in [-0.3, -0.25) is 4.79 Å². The number of ether oxygens (including phenoxy) is 1. The largest absolute Gasteiger partial charge is 0.459 e. The van der Waals surface area contributed by atoms with Gasteiger partial charge < -0.3 is 4.74 Å². The number of hydrogen-bond acceptors (Lipinski definition) is 2. The Morgan fingerprint density at radius 1 is 1.11 bits per heavy atom.